The molecule has 3 aromatic rings. The summed E-state index contributed by atoms with van der Waals surface area (Å²) < 4.78 is 7.15. The van der Waals surface area contributed by atoms with Gasteiger partial charge in [-0.3, -0.25) is 4.79 Å². The van der Waals surface area contributed by atoms with Crippen LogP contribution in [0.15, 0.2) is 54.7 Å². The van der Waals surface area contributed by atoms with E-state index in [1.54, 1.807) is 0 Å². The highest BCUT2D eigenvalue weighted by Gasteiger charge is 2.20. The van der Waals surface area contributed by atoms with E-state index in [2.05, 4.69) is 61.0 Å². The summed E-state index contributed by atoms with van der Waals surface area (Å²) in [5.74, 6) is 0.0534. The number of ether oxygens (including phenoxy) is 1. The van der Waals surface area contributed by atoms with E-state index in [4.69, 9.17) is 4.74 Å². The van der Waals surface area contributed by atoms with E-state index in [9.17, 15) is 4.79 Å². The molecule has 3 rings (SSSR count). The first kappa shape index (κ1) is 17.3. The molecule has 0 radical (unpaired) electrons. The van der Waals surface area contributed by atoms with Crippen molar-refractivity contribution in [1.82, 2.24) is 4.57 Å². The Kier molecular flexibility index (Phi) is 4.93. The summed E-state index contributed by atoms with van der Waals surface area (Å²) in [4.78, 5) is 12.0. The molecule has 0 bridgehead atoms. The Balaban J connectivity index is 1.97. The second-order valence-electron chi connectivity index (χ2n) is 6.87. The van der Waals surface area contributed by atoms with Gasteiger partial charge in [-0.05, 0) is 35.6 Å². The smallest absolute Gasteiger partial charge is 0.312 e. The molecule has 130 valence electrons. The van der Waals surface area contributed by atoms with Crippen LogP contribution in [0.4, 0.5) is 0 Å². The molecule has 0 fully saturated rings. The maximum Gasteiger partial charge on any atom is 0.312 e. The largest absolute Gasteiger partial charge is 0.469 e. The van der Waals surface area contributed by atoms with Crippen LogP contribution in [-0.2, 0) is 16.1 Å². The predicted octanol–water partition coefficient (Wildman–Crippen LogP) is 5.09. The number of nitrogens with zero attached hydrogens (tertiary/aromatic N) is 1. The first-order chi connectivity index (χ1) is 12.0. The average molecular weight is 335 g/mol. The van der Waals surface area contributed by atoms with E-state index >= 15 is 0 Å². The third-order valence-electron chi connectivity index (χ3n) is 4.84. The number of rotatable bonds is 5. The van der Waals surface area contributed by atoms with Crippen LogP contribution in [0.5, 0.6) is 0 Å². The van der Waals surface area contributed by atoms with Gasteiger partial charge in [0.05, 0.1) is 13.0 Å². The molecule has 25 heavy (non-hydrogen) atoms. The molecule has 0 N–H and O–H groups in total. The van der Waals surface area contributed by atoms with Crippen LogP contribution in [0.3, 0.4) is 0 Å². The zero-order chi connectivity index (χ0) is 18.0. The Morgan fingerprint density at radius 2 is 1.72 bits per heavy atom. The third-order valence-corrected chi connectivity index (χ3v) is 4.84. The van der Waals surface area contributed by atoms with E-state index in [1.165, 1.54) is 18.2 Å². The highest BCUT2D eigenvalue weighted by Crippen LogP contribution is 2.29. The molecule has 0 aliphatic heterocycles. The van der Waals surface area contributed by atoms with Gasteiger partial charge in [0.25, 0.3) is 0 Å². The van der Waals surface area contributed by atoms with Gasteiger partial charge in [0, 0.05) is 23.6 Å². The van der Waals surface area contributed by atoms with Crippen LogP contribution in [-0.4, -0.2) is 17.6 Å². The summed E-state index contributed by atoms with van der Waals surface area (Å²) in [5, 5.41) is 1.11. The minimum atomic E-state index is -0.278. The Labute approximate surface area is 149 Å². The Bertz CT molecular complexity index is 875. The minimum Gasteiger partial charge on any atom is -0.469 e. The van der Waals surface area contributed by atoms with E-state index in [1.807, 2.05) is 19.1 Å². The van der Waals surface area contributed by atoms with E-state index < -0.39 is 0 Å². The van der Waals surface area contributed by atoms with E-state index in [0.717, 1.165) is 23.0 Å². The highest BCUT2D eigenvalue weighted by atomic mass is 16.5. The second kappa shape index (κ2) is 7.14. The molecular formula is C22H25NO2. The van der Waals surface area contributed by atoms with Gasteiger partial charge < -0.3 is 9.30 Å². The molecule has 1 aromatic heterocycles. The summed E-state index contributed by atoms with van der Waals surface area (Å²) in [6.07, 6.45) is 2.09. The van der Waals surface area contributed by atoms with Crippen molar-refractivity contribution in [3.8, 4) is 0 Å². The maximum absolute atomic E-state index is 12.0. The molecule has 0 saturated carbocycles. The molecule has 2 aromatic carbocycles. The van der Waals surface area contributed by atoms with Gasteiger partial charge in [-0.15, -0.1) is 0 Å². The van der Waals surface area contributed by atoms with Crippen LogP contribution in [0.1, 0.15) is 49.3 Å². The van der Waals surface area contributed by atoms with Crippen molar-refractivity contribution in [3.05, 3.63) is 71.4 Å². The average Bonchev–Trinajstić information content (AvgIpc) is 2.99. The topological polar surface area (TPSA) is 31.2 Å². The Morgan fingerprint density at radius 1 is 1.04 bits per heavy atom. The number of benzene rings is 2. The van der Waals surface area contributed by atoms with Crippen molar-refractivity contribution < 1.29 is 9.53 Å². The number of esters is 1. The molecular weight excluding hydrogens is 310 g/mol. The van der Waals surface area contributed by atoms with Crippen molar-refractivity contribution >= 4 is 16.9 Å². The zero-order valence-corrected chi connectivity index (χ0v) is 15.3. The van der Waals surface area contributed by atoms with Gasteiger partial charge in [-0.25, -0.2) is 0 Å². The third kappa shape index (κ3) is 3.46. The highest BCUT2D eigenvalue weighted by molar-refractivity contribution is 5.90. The zero-order valence-electron chi connectivity index (χ0n) is 15.3. The summed E-state index contributed by atoms with van der Waals surface area (Å²) in [6.45, 7) is 7.09. The minimum absolute atomic E-state index is 0.204. The lowest BCUT2D eigenvalue weighted by atomic mass is 10.0. The fourth-order valence-electron chi connectivity index (χ4n) is 3.26. The lowest BCUT2D eigenvalue weighted by molar-refractivity contribution is -0.141. The van der Waals surface area contributed by atoms with Gasteiger partial charge in [-0.1, -0.05) is 56.3 Å². The number of carbonyl (C=O) groups is 1. The normalized spacial score (nSPS) is 12.5. The van der Waals surface area contributed by atoms with Crippen LogP contribution >= 0.6 is 0 Å². The monoisotopic (exact) mass is 335 g/mol. The van der Waals surface area contributed by atoms with Gasteiger partial charge in [0.1, 0.15) is 0 Å². The molecule has 0 amide bonds. The van der Waals surface area contributed by atoms with Crippen LogP contribution in [0, 0.1) is 0 Å². The molecule has 3 nitrogen and oxygen atoms in total. The van der Waals surface area contributed by atoms with Gasteiger partial charge in [-0.2, -0.15) is 0 Å². The lowest BCUT2D eigenvalue weighted by Crippen LogP contribution is -2.10. The second-order valence-corrected chi connectivity index (χ2v) is 6.87. The van der Waals surface area contributed by atoms with Crippen LogP contribution in [0.25, 0.3) is 10.9 Å². The van der Waals surface area contributed by atoms with E-state index in [0.29, 0.717) is 5.92 Å². The number of fused-ring (bicyclic) bond motifs is 1. The molecule has 0 aliphatic rings. The van der Waals surface area contributed by atoms with Crippen molar-refractivity contribution in [2.24, 2.45) is 0 Å². The maximum atomic E-state index is 12.0. The lowest BCUT2D eigenvalue weighted by Gasteiger charge is -2.09. The van der Waals surface area contributed by atoms with Crippen LogP contribution in [0.2, 0.25) is 0 Å². The SMILES string of the molecule is COC(=O)C(C)c1cn(Cc2ccc(C(C)C)cc2)c2ccccc12. The van der Waals surface area contributed by atoms with Crippen molar-refractivity contribution in [3.63, 3.8) is 0 Å². The number of aromatic nitrogens is 1. The molecule has 0 spiro atoms. The number of methoxy groups -OCH3 is 1. The molecule has 1 atom stereocenters. The van der Waals surface area contributed by atoms with Crippen molar-refractivity contribution in [2.45, 2.75) is 39.2 Å². The van der Waals surface area contributed by atoms with Crippen LogP contribution < -0.4 is 0 Å². The molecule has 0 saturated heterocycles. The van der Waals surface area contributed by atoms with Gasteiger partial charge >= 0.3 is 5.97 Å². The Morgan fingerprint density at radius 3 is 2.36 bits per heavy atom. The number of para-hydroxylation sites is 1. The van der Waals surface area contributed by atoms with E-state index in [-0.39, 0.29) is 11.9 Å². The fourth-order valence-corrected chi connectivity index (χ4v) is 3.26. The number of carbonyl (C=O) groups excluding carboxylic acids is 1. The molecule has 1 heterocycles. The first-order valence-electron chi connectivity index (χ1n) is 8.75. The summed E-state index contributed by atoms with van der Waals surface area (Å²) in [6, 6.07) is 17.0. The molecule has 1 unspecified atom stereocenters. The number of hydrogen-bond acceptors (Lipinski definition) is 2. The standard InChI is InChI=1S/C22H25NO2/c1-15(2)18-11-9-17(10-12-18)13-23-14-20(16(3)22(24)25-4)19-7-5-6-8-21(19)23/h5-12,14-16H,13H2,1-4H3. The Hall–Kier alpha value is -2.55. The van der Waals surface area contributed by atoms with Crippen molar-refractivity contribution in [2.75, 3.05) is 7.11 Å². The van der Waals surface area contributed by atoms with Crippen molar-refractivity contribution in [1.29, 1.82) is 0 Å². The summed E-state index contributed by atoms with van der Waals surface area (Å²) >= 11 is 0. The fraction of sp³-hybridized carbons (Fsp3) is 0.318. The first-order valence-corrected chi connectivity index (χ1v) is 8.75. The summed E-state index contributed by atoms with van der Waals surface area (Å²) in [5.41, 5.74) is 4.76. The van der Waals surface area contributed by atoms with Gasteiger partial charge in [0.15, 0.2) is 0 Å². The molecule has 0 aliphatic carbocycles. The van der Waals surface area contributed by atoms with Gasteiger partial charge in [0.2, 0.25) is 0 Å². The predicted molar refractivity (Wildman–Crippen MR) is 102 cm³/mol. The summed E-state index contributed by atoms with van der Waals surface area (Å²) in [7, 11) is 1.44. The number of hydrogen-bond donors (Lipinski definition) is 0. The molecule has 3 heteroatoms. The quantitative estimate of drug-likeness (QED) is 0.608.